The molecule has 3 rings (SSSR count). The van der Waals surface area contributed by atoms with Crippen molar-refractivity contribution in [2.45, 2.75) is 19.5 Å². The molecule has 1 N–H and O–H groups in total. The van der Waals surface area contributed by atoms with Crippen molar-refractivity contribution in [1.29, 1.82) is 0 Å². The molecule has 0 radical (unpaired) electrons. The molecule has 0 fully saturated rings. The number of aromatic nitrogens is 4. The summed E-state index contributed by atoms with van der Waals surface area (Å²) < 4.78 is 6.95. The molecular weight excluding hydrogens is 246 g/mol. The van der Waals surface area contributed by atoms with E-state index in [1.807, 2.05) is 6.92 Å². The maximum absolute atomic E-state index is 11.8. The van der Waals surface area contributed by atoms with Gasteiger partial charge < -0.3 is 10.1 Å². The maximum atomic E-state index is 11.8. The molecule has 7 heteroatoms. The van der Waals surface area contributed by atoms with Gasteiger partial charge in [0, 0.05) is 24.8 Å². The highest BCUT2D eigenvalue weighted by molar-refractivity contribution is 5.92. The third kappa shape index (κ3) is 1.92. The van der Waals surface area contributed by atoms with E-state index in [4.69, 9.17) is 4.74 Å². The molecule has 98 valence electrons. The number of carbonyl (C=O) groups excluding carboxylic acids is 1. The van der Waals surface area contributed by atoms with Crippen molar-refractivity contribution >= 4 is 5.91 Å². The third-order valence-corrected chi connectivity index (χ3v) is 2.98. The highest BCUT2D eigenvalue weighted by Gasteiger charge is 2.27. The van der Waals surface area contributed by atoms with Crippen LogP contribution in [-0.2, 0) is 6.54 Å². The van der Waals surface area contributed by atoms with Gasteiger partial charge in [0.05, 0.1) is 7.11 Å². The van der Waals surface area contributed by atoms with Gasteiger partial charge in [-0.05, 0) is 13.0 Å². The monoisotopic (exact) mass is 259 g/mol. The van der Waals surface area contributed by atoms with Gasteiger partial charge in [-0.25, -0.2) is 0 Å². The standard InChI is InChI=1S/C12H13N5O2/c1-7-6-17-10(15-16-11(17)12(18)14-7)9-5-8(19-2)3-4-13-9/h3-5,7H,6H2,1-2H3,(H,14,18). The molecule has 2 aromatic rings. The first-order chi connectivity index (χ1) is 9.19. The number of hydrogen-bond acceptors (Lipinski definition) is 5. The van der Waals surface area contributed by atoms with Crippen molar-refractivity contribution < 1.29 is 9.53 Å². The number of fused-ring (bicyclic) bond motifs is 1. The minimum Gasteiger partial charge on any atom is -0.497 e. The Morgan fingerprint density at radius 3 is 3.00 bits per heavy atom. The number of carbonyl (C=O) groups is 1. The summed E-state index contributed by atoms with van der Waals surface area (Å²) in [5, 5.41) is 10.8. The molecule has 3 heterocycles. The summed E-state index contributed by atoms with van der Waals surface area (Å²) in [5.41, 5.74) is 0.639. The fraction of sp³-hybridized carbons (Fsp3) is 0.333. The van der Waals surface area contributed by atoms with E-state index in [1.54, 1.807) is 30.0 Å². The Kier molecular flexibility index (Phi) is 2.66. The summed E-state index contributed by atoms with van der Waals surface area (Å²) in [6.45, 7) is 2.56. The summed E-state index contributed by atoms with van der Waals surface area (Å²) >= 11 is 0. The molecule has 1 aliphatic heterocycles. The Hall–Kier alpha value is -2.44. The van der Waals surface area contributed by atoms with Crippen molar-refractivity contribution in [2.75, 3.05) is 7.11 Å². The largest absolute Gasteiger partial charge is 0.497 e. The molecule has 1 amide bonds. The normalized spacial score (nSPS) is 17.8. The second kappa shape index (κ2) is 4.34. The van der Waals surface area contributed by atoms with Crippen LogP contribution in [0.4, 0.5) is 0 Å². The van der Waals surface area contributed by atoms with Crippen molar-refractivity contribution in [1.82, 2.24) is 25.1 Å². The first-order valence-electron chi connectivity index (χ1n) is 5.93. The van der Waals surface area contributed by atoms with Crippen molar-refractivity contribution in [3.63, 3.8) is 0 Å². The summed E-state index contributed by atoms with van der Waals surface area (Å²) in [4.78, 5) is 16.0. The first-order valence-corrected chi connectivity index (χ1v) is 5.93. The lowest BCUT2D eigenvalue weighted by molar-refractivity contribution is 0.0900. The minimum absolute atomic E-state index is 0.0420. The number of hydrogen-bond donors (Lipinski definition) is 1. The van der Waals surface area contributed by atoms with Gasteiger partial charge in [-0.2, -0.15) is 0 Å². The molecule has 0 spiro atoms. The van der Waals surface area contributed by atoms with Crippen LogP contribution in [0.2, 0.25) is 0 Å². The fourth-order valence-corrected chi connectivity index (χ4v) is 2.10. The average Bonchev–Trinajstić information content (AvgIpc) is 2.82. The number of rotatable bonds is 2. The Bertz CT molecular complexity index is 637. The Morgan fingerprint density at radius 2 is 2.21 bits per heavy atom. The van der Waals surface area contributed by atoms with Crippen LogP contribution < -0.4 is 10.1 Å². The molecule has 1 aliphatic rings. The molecule has 1 atom stereocenters. The van der Waals surface area contributed by atoms with Gasteiger partial charge in [0.1, 0.15) is 11.4 Å². The van der Waals surface area contributed by atoms with Gasteiger partial charge in [-0.15, -0.1) is 10.2 Å². The first kappa shape index (κ1) is 11.6. The maximum Gasteiger partial charge on any atom is 0.289 e. The lowest BCUT2D eigenvalue weighted by Gasteiger charge is -2.21. The lowest BCUT2D eigenvalue weighted by Crippen LogP contribution is -2.42. The minimum atomic E-state index is -0.208. The van der Waals surface area contributed by atoms with E-state index in [2.05, 4.69) is 20.5 Å². The van der Waals surface area contributed by atoms with E-state index in [0.29, 0.717) is 29.6 Å². The van der Waals surface area contributed by atoms with E-state index in [-0.39, 0.29) is 11.9 Å². The van der Waals surface area contributed by atoms with Crippen LogP contribution in [0.3, 0.4) is 0 Å². The molecule has 0 bridgehead atoms. The second-order valence-electron chi connectivity index (χ2n) is 4.41. The SMILES string of the molecule is COc1ccnc(-c2nnc3n2CC(C)NC3=O)c1. The van der Waals surface area contributed by atoms with Crippen LogP contribution in [0.15, 0.2) is 18.3 Å². The molecule has 0 aromatic carbocycles. The number of nitrogens with one attached hydrogen (secondary N) is 1. The van der Waals surface area contributed by atoms with Crippen LogP contribution in [0.5, 0.6) is 5.75 Å². The van der Waals surface area contributed by atoms with E-state index in [9.17, 15) is 4.79 Å². The topological polar surface area (TPSA) is 81.9 Å². The van der Waals surface area contributed by atoms with E-state index in [1.165, 1.54) is 0 Å². The molecule has 7 nitrogen and oxygen atoms in total. The molecule has 0 saturated heterocycles. The highest BCUT2D eigenvalue weighted by Crippen LogP contribution is 2.22. The number of pyridine rings is 1. The van der Waals surface area contributed by atoms with Gasteiger partial charge in [0.2, 0.25) is 5.82 Å². The summed E-state index contributed by atoms with van der Waals surface area (Å²) in [6, 6.07) is 3.57. The molecular formula is C12H13N5O2. The predicted octanol–water partition coefficient (Wildman–Crippen LogP) is 0.481. The molecule has 0 aliphatic carbocycles. The molecule has 2 aromatic heterocycles. The molecule has 1 unspecified atom stereocenters. The van der Waals surface area contributed by atoms with Gasteiger partial charge >= 0.3 is 0 Å². The molecule has 19 heavy (non-hydrogen) atoms. The summed E-state index contributed by atoms with van der Waals surface area (Å²) in [5.74, 6) is 1.38. The Balaban J connectivity index is 2.09. The van der Waals surface area contributed by atoms with Crippen molar-refractivity contribution in [3.05, 3.63) is 24.2 Å². The lowest BCUT2D eigenvalue weighted by atomic mass is 10.2. The Morgan fingerprint density at radius 1 is 1.42 bits per heavy atom. The van der Waals surface area contributed by atoms with Crippen LogP contribution >= 0.6 is 0 Å². The van der Waals surface area contributed by atoms with Gasteiger partial charge in [-0.3, -0.25) is 14.3 Å². The smallest absolute Gasteiger partial charge is 0.289 e. The van der Waals surface area contributed by atoms with Crippen LogP contribution in [0, 0.1) is 0 Å². The van der Waals surface area contributed by atoms with Gasteiger partial charge in [-0.1, -0.05) is 0 Å². The van der Waals surface area contributed by atoms with E-state index >= 15 is 0 Å². The second-order valence-corrected chi connectivity index (χ2v) is 4.41. The average molecular weight is 259 g/mol. The van der Waals surface area contributed by atoms with E-state index < -0.39 is 0 Å². The highest BCUT2D eigenvalue weighted by atomic mass is 16.5. The number of ether oxygens (including phenoxy) is 1. The summed E-state index contributed by atoms with van der Waals surface area (Å²) in [6.07, 6.45) is 1.64. The van der Waals surface area contributed by atoms with Crippen LogP contribution in [0.1, 0.15) is 17.5 Å². The number of amides is 1. The zero-order valence-electron chi connectivity index (χ0n) is 10.6. The van der Waals surface area contributed by atoms with Crippen LogP contribution in [-0.4, -0.2) is 38.8 Å². The van der Waals surface area contributed by atoms with Gasteiger partial charge in [0.25, 0.3) is 5.91 Å². The van der Waals surface area contributed by atoms with Crippen molar-refractivity contribution in [2.24, 2.45) is 0 Å². The zero-order valence-corrected chi connectivity index (χ0v) is 10.6. The summed E-state index contributed by atoms with van der Waals surface area (Å²) in [7, 11) is 1.59. The Labute approximate surface area is 109 Å². The molecule has 0 saturated carbocycles. The third-order valence-electron chi connectivity index (χ3n) is 2.98. The number of nitrogens with zero attached hydrogens (tertiary/aromatic N) is 4. The van der Waals surface area contributed by atoms with E-state index in [0.717, 1.165) is 0 Å². The zero-order chi connectivity index (χ0) is 13.4. The predicted molar refractivity (Wildman–Crippen MR) is 66.7 cm³/mol. The quantitative estimate of drug-likeness (QED) is 0.848. The van der Waals surface area contributed by atoms with Gasteiger partial charge in [0.15, 0.2) is 5.82 Å². The van der Waals surface area contributed by atoms with Crippen molar-refractivity contribution in [3.8, 4) is 17.3 Å². The van der Waals surface area contributed by atoms with Crippen LogP contribution in [0.25, 0.3) is 11.5 Å². The number of methoxy groups -OCH3 is 1. The fourth-order valence-electron chi connectivity index (χ4n) is 2.10.